The predicted octanol–water partition coefficient (Wildman–Crippen LogP) is 0.593. The second kappa shape index (κ2) is 5.99. The Morgan fingerprint density at radius 3 is 2.06 bits per heavy atom. The highest BCUT2D eigenvalue weighted by Crippen LogP contribution is 2.16. The van der Waals surface area contributed by atoms with Gasteiger partial charge in [-0.1, -0.05) is 0 Å². The molecule has 0 saturated carbocycles. The van der Waals surface area contributed by atoms with E-state index < -0.39 is 11.5 Å². The van der Waals surface area contributed by atoms with Crippen molar-refractivity contribution in [3.8, 4) is 0 Å². The summed E-state index contributed by atoms with van der Waals surface area (Å²) >= 11 is 0. The van der Waals surface area contributed by atoms with Crippen LogP contribution in [0.15, 0.2) is 0 Å². The summed E-state index contributed by atoms with van der Waals surface area (Å²) in [6.45, 7) is 12.2. The molecule has 18 heavy (non-hydrogen) atoms. The van der Waals surface area contributed by atoms with Gasteiger partial charge in [0, 0.05) is 38.3 Å². The Hall–Kier alpha value is -0.650. The molecule has 5 nitrogen and oxygen atoms in total. The quantitative estimate of drug-likeness (QED) is 0.754. The first-order valence-corrected chi connectivity index (χ1v) is 6.74. The molecule has 0 aromatic rings. The number of nitrogens with zero attached hydrogens (tertiary/aromatic N) is 2. The van der Waals surface area contributed by atoms with Crippen LogP contribution < -0.4 is 5.73 Å². The highest BCUT2D eigenvalue weighted by molar-refractivity contribution is 5.77. The molecule has 0 aromatic heterocycles. The minimum Gasteiger partial charge on any atom is -0.480 e. The standard InChI is InChI=1S/C13H27N3O2/c1-10(2)15-5-7-16(8-6-15)11(3)9-13(4,14)12(17)18/h10-11H,5-9,14H2,1-4H3,(H,17,18). The Bertz CT molecular complexity index is 284. The fourth-order valence-corrected chi connectivity index (χ4v) is 2.52. The molecule has 1 fully saturated rings. The smallest absolute Gasteiger partial charge is 0.323 e. The third kappa shape index (κ3) is 3.93. The number of piperazine rings is 1. The molecule has 5 heteroatoms. The van der Waals surface area contributed by atoms with E-state index in [9.17, 15) is 4.79 Å². The molecule has 2 atom stereocenters. The number of carboxylic acid groups (broad SMARTS) is 1. The van der Waals surface area contributed by atoms with Crippen molar-refractivity contribution in [1.82, 2.24) is 9.80 Å². The van der Waals surface area contributed by atoms with E-state index in [4.69, 9.17) is 10.8 Å². The first-order chi connectivity index (χ1) is 8.24. The van der Waals surface area contributed by atoms with E-state index in [-0.39, 0.29) is 6.04 Å². The van der Waals surface area contributed by atoms with Crippen LogP contribution in [-0.2, 0) is 4.79 Å². The largest absolute Gasteiger partial charge is 0.480 e. The molecule has 0 spiro atoms. The Morgan fingerprint density at radius 2 is 1.67 bits per heavy atom. The maximum atomic E-state index is 11.0. The number of nitrogens with two attached hydrogens (primary N) is 1. The second-order valence-corrected chi connectivity index (χ2v) is 5.94. The van der Waals surface area contributed by atoms with Crippen molar-refractivity contribution >= 4 is 5.97 Å². The molecule has 0 aromatic carbocycles. The average molecular weight is 257 g/mol. The molecule has 2 unspecified atom stereocenters. The second-order valence-electron chi connectivity index (χ2n) is 5.94. The van der Waals surface area contributed by atoms with Crippen molar-refractivity contribution < 1.29 is 9.90 Å². The van der Waals surface area contributed by atoms with Crippen LogP contribution in [0.1, 0.15) is 34.1 Å². The highest BCUT2D eigenvalue weighted by Gasteiger charge is 2.33. The number of rotatable bonds is 5. The molecule has 1 heterocycles. The average Bonchev–Trinajstić information content (AvgIpc) is 2.28. The molecular weight excluding hydrogens is 230 g/mol. The van der Waals surface area contributed by atoms with Gasteiger partial charge in [-0.05, 0) is 34.1 Å². The summed E-state index contributed by atoms with van der Waals surface area (Å²) < 4.78 is 0. The number of carbonyl (C=O) groups is 1. The summed E-state index contributed by atoms with van der Waals surface area (Å²) in [5.74, 6) is -0.921. The number of hydrogen-bond donors (Lipinski definition) is 2. The maximum absolute atomic E-state index is 11.0. The summed E-state index contributed by atoms with van der Waals surface area (Å²) in [5.41, 5.74) is 4.68. The summed E-state index contributed by atoms with van der Waals surface area (Å²) in [6.07, 6.45) is 0.490. The first-order valence-electron chi connectivity index (χ1n) is 6.74. The van der Waals surface area contributed by atoms with Gasteiger partial charge in [0.05, 0.1) is 0 Å². The van der Waals surface area contributed by atoms with Crippen molar-refractivity contribution in [2.45, 2.75) is 51.7 Å². The SMILES string of the molecule is CC(C)N1CCN(C(C)CC(C)(N)C(=O)O)CC1. The van der Waals surface area contributed by atoms with Gasteiger partial charge < -0.3 is 10.8 Å². The van der Waals surface area contributed by atoms with Crippen molar-refractivity contribution in [3.63, 3.8) is 0 Å². The van der Waals surface area contributed by atoms with Crippen LogP contribution in [0.3, 0.4) is 0 Å². The molecule has 1 aliphatic rings. The molecule has 106 valence electrons. The third-order valence-electron chi connectivity index (χ3n) is 3.91. The zero-order valence-electron chi connectivity index (χ0n) is 12.0. The third-order valence-corrected chi connectivity index (χ3v) is 3.91. The zero-order valence-corrected chi connectivity index (χ0v) is 12.0. The number of hydrogen-bond acceptors (Lipinski definition) is 4. The van der Waals surface area contributed by atoms with Crippen LogP contribution in [-0.4, -0.2) is 64.7 Å². The Kier molecular flexibility index (Phi) is 5.13. The van der Waals surface area contributed by atoms with E-state index in [0.717, 1.165) is 26.2 Å². The normalized spacial score (nSPS) is 23.9. The molecule has 0 bridgehead atoms. The van der Waals surface area contributed by atoms with Crippen molar-refractivity contribution in [1.29, 1.82) is 0 Å². The van der Waals surface area contributed by atoms with Crippen LogP contribution in [0.25, 0.3) is 0 Å². The number of carboxylic acids is 1. The molecule has 0 amide bonds. The van der Waals surface area contributed by atoms with Crippen LogP contribution in [0, 0.1) is 0 Å². The molecule has 0 aliphatic carbocycles. The topological polar surface area (TPSA) is 69.8 Å². The highest BCUT2D eigenvalue weighted by atomic mass is 16.4. The summed E-state index contributed by atoms with van der Waals surface area (Å²) in [7, 11) is 0. The fourth-order valence-electron chi connectivity index (χ4n) is 2.52. The van der Waals surface area contributed by atoms with Gasteiger partial charge in [-0.3, -0.25) is 14.6 Å². The monoisotopic (exact) mass is 257 g/mol. The van der Waals surface area contributed by atoms with E-state index in [1.165, 1.54) is 0 Å². The van der Waals surface area contributed by atoms with Gasteiger partial charge in [0.2, 0.25) is 0 Å². The maximum Gasteiger partial charge on any atom is 0.323 e. The lowest BCUT2D eigenvalue weighted by Crippen LogP contribution is -2.55. The van der Waals surface area contributed by atoms with Gasteiger partial charge in [0.25, 0.3) is 0 Å². The van der Waals surface area contributed by atoms with E-state index in [1.54, 1.807) is 6.92 Å². The van der Waals surface area contributed by atoms with Crippen LogP contribution >= 0.6 is 0 Å². The van der Waals surface area contributed by atoms with Crippen molar-refractivity contribution in [2.75, 3.05) is 26.2 Å². The first kappa shape index (κ1) is 15.4. The zero-order chi connectivity index (χ0) is 13.9. The minimum absolute atomic E-state index is 0.213. The number of aliphatic carboxylic acids is 1. The van der Waals surface area contributed by atoms with Gasteiger partial charge in [-0.15, -0.1) is 0 Å². The summed E-state index contributed by atoms with van der Waals surface area (Å²) in [5, 5.41) is 9.05. The van der Waals surface area contributed by atoms with E-state index in [1.807, 2.05) is 0 Å². The van der Waals surface area contributed by atoms with Gasteiger partial charge in [-0.2, -0.15) is 0 Å². The van der Waals surface area contributed by atoms with Crippen LogP contribution in [0.2, 0.25) is 0 Å². The lowest BCUT2D eigenvalue weighted by atomic mass is 9.94. The van der Waals surface area contributed by atoms with Gasteiger partial charge in [-0.25, -0.2) is 0 Å². The van der Waals surface area contributed by atoms with E-state index in [2.05, 4.69) is 30.6 Å². The van der Waals surface area contributed by atoms with Crippen molar-refractivity contribution in [2.24, 2.45) is 5.73 Å². The Morgan fingerprint density at radius 1 is 1.22 bits per heavy atom. The van der Waals surface area contributed by atoms with Gasteiger partial charge in [0.1, 0.15) is 5.54 Å². The molecule has 3 N–H and O–H groups in total. The van der Waals surface area contributed by atoms with E-state index in [0.29, 0.717) is 12.5 Å². The molecule has 1 saturated heterocycles. The molecule has 0 radical (unpaired) electrons. The lowest BCUT2D eigenvalue weighted by Gasteiger charge is -2.41. The van der Waals surface area contributed by atoms with Crippen LogP contribution in [0.5, 0.6) is 0 Å². The Labute approximate surface area is 110 Å². The van der Waals surface area contributed by atoms with Crippen LogP contribution in [0.4, 0.5) is 0 Å². The Balaban J connectivity index is 2.45. The molecule has 1 rings (SSSR count). The summed E-state index contributed by atoms with van der Waals surface area (Å²) in [6, 6.07) is 0.798. The lowest BCUT2D eigenvalue weighted by molar-refractivity contribution is -0.143. The van der Waals surface area contributed by atoms with Gasteiger partial charge in [0.15, 0.2) is 0 Å². The predicted molar refractivity (Wildman–Crippen MR) is 72.6 cm³/mol. The van der Waals surface area contributed by atoms with Crippen molar-refractivity contribution in [3.05, 3.63) is 0 Å². The van der Waals surface area contributed by atoms with E-state index >= 15 is 0 Å². The minimum atomic E-state index is -1.13. The summed E-state index contributed by atoms with van der Waals surface area (Å²) in [4.78, 5) is 15.8. The molecule has 1 aliphatic heterocycles. The van der Waals surface area contributed by atoms with Gasteiger partial charge >= 0.3 is 5.97 Å². The fraction of sp³-hybridized carbons (Fsp3) is 0.923. The molecular formula is C13H27N3O2.